The van der Waals surface area contributed by atoms with Gasteiger partial charge in [0.25, 0.3) is 0 Å². The number of halogens is 1. The van der Waals surface area contributed by atoms with E-state index in [0.29, 0.717) is 12.0 Å². The van der Waals surface area contributed by atoms with Gasteiger partial charge in [-0.15, -0.1) is 24.0 Å². The third-order valence-electron chi connectivity index (χ3n) is 6.15. The average Bonchev–Trinajstić information content (AvgIpc) is 3.15. The monoisotopic (exact) mass is 516 g/mol. The zero-order valence-corrected chi connectivity index (χ0v) is 20.6. The van der Waals surface area contributed by atoms with Crippen molar-refractivity contribution in [3.63, 3.8) is 0 Å². The number of guanidine groups is 1. The summed E-state index contributed by atoms with van der Waals surface area (Å²) < 4.78 is 11.2. The van der Waals surface area contributed by atoms with Crippen molar-refractivity contribution < 1.29 is 9.47 Å². The lowest BCUT2D eigenvalue weighted by Crippen LogP contribution is -2.48. The second-order valence-electron chi connectivity index (χ2n) is 8.31. The molecule has 29 heavy (non-hydrogen) atoms. The van der Waals surface area contributed by atoms with E-state index in [9.17, 15) is 0 Å². The fraction of sp³-hybridized carbons (Fsp3) is 0.682. The van der Waals surface area contributed by atoms with Crippen LogP contribution in [0.4, 0.5) is 0 Å². The Kier molecular flexibility index (Phi) is 9.49. The summed E-state index contributed by atoms with van der Waals surface area (Å²) in [6.45, 7) is 5.87. The van der Waals surface area contributed by atoms with Crippen LogP contribution >= 0.6 is 24.0 Å². The Morgan fingerprint density at radius 3 is 2.66 bits per heavy atom. The smallest absolute Gasteiger partial charge is 0.191 e. The van der Waals surface area contributed by atoms with Crippen molar-refractivity contribution in [1.82, 2.24) is 15.5 Å². The lowest BCUT2D eigenvalue weighted by Gasteiger charge is -2.40. The van der Waals surface area contributed by atoms with Gasteiger partial charge in [0.1, 0.15) is 5.75 Å². The Balaban J connectivity index is 0.00000300. The van der Waals surface area contributed by atoms with Crippen molar-refractivity contribution in [2.45, 2.75) is 44.2 Å². The van der Waals surface area contributed by atoms with E-state index in [1.54, 1.807) is 7.11 Å². The van der Waals surface area contributed by atoms with Gasteiger partial charge >= 0.3 is 0 Å². The van der Waals surface area contributed by atoms with E-state index in [4.69, 9.17) is 9.47 Å². The largest absolute Gasteiger partial charge is 0.497 e. The number of aliphatic imine (C=N–C) groups is 1. The lowest BCUT2D eigenvalue weighted by molar-refractivity contribution is 0.0242. The molecule has 2 aliphatic heterocycles. The summed E-state index contributed by atoms with van der Waals surface area (Å²) in [6.07, 6.45) is 4.69. The summed E-state index contributed by atoms with van der Waals surface area (Å²) in [5.74, 6) is 2.30. The van der Waals surface area contributed by atoms with Crippen LogP contribution < -0.4 is 15.4 Å². The van der Waals surface area contributed by atoms with Crippen molar-refractivity contribution in [1.29, 1.82) is 0 Å². The SMILES string of the molecule is CN=C(NCC1CCCN(C)C1c1ccc(OC)cc1)NCC1(C)CCCO1.I. The molecular weight excluding hydrogens is 479 g/mol. The highest BCUT2D eigenvalue weighted by molar-refractivity contribution is 14.0. The number of nitrogens with zero attached hydrogens (tertiary/aromatic N) is 2. The summed E-state index contributed by atoms with van der Waals surface area (Å²) >= 11 is 0. The number of ether oxygens (including phenoxy) is 2. The van der Waals surface area contributed by atoms with Gasteiger partial charge in [-0.25, -0.2) is 0 Å². The van der Waals surface area contributed by atoms with Gasteiger partial charge in [-0.05, 0) is 69.8 Å². The minimum atomic E-state index is -0.0751. The molecule has 0 radical (unpaired) electrons. The predicted octanol–water partition coefficient (Wildman–Crippen LogP) is 3.43. The van der Waals surface area contributed by atoms with Gasteiger partial charge in [0.15, 0.2) is 5.96 Å². The maximum absolute atomic E-state index is 5.88. The van der Waals surface area contributed by atoms with Crippen molar-refractivity contribution >= 4 is 29.9 Å². The minimum Gasteiger partial charge on any atom is -0.497 e. The Morgan fingerprint density at radius 2 is 2.03 bits per heavy atom. The van der Waals surface area contributed by atoms with Crippen LogP contribution in [0.3, 0.4) is 0 Å². The molecule has 2 saturated heterocycles. The predicted molar refractivity (Wildman–Crippen MR) is 129 cm³/mol. The molecule has 2 aliphatic rings. The number of likely N-dealkylation sites (tertiary alicyclic amines) is 1. The van der Waals surface area contributed by atoms with E-state index >= 15 is 0 Å². The molecule has 0 saturated carbocycles. The first-order valence-corrected chi connectivity index (χ1v) is 10.5. The van der Waals surface area contributed by atoms with E-state index in [1.165, 1.54) is 18.4 Å². The fourth-order valence-corrected chi connectivity index (χ4v) is 4.50. The number of hydrogen-bond donors (Lipinski definition) is 2. The molecule has 3 atom stereocenters. The molecule has 1 aromatic rings. The highest BCUT2D eigenvalue weighted by Gasteiger charge is 2.32. The molecule has 0 spiro atoms. The normalized spacial score (nSPS) is 27.9. The zero-order chi connectivity index (χ0) is 20.0. The van der Waals surface area contributed by atoms with Crippen molar-refractivity contribution in [3.05, 3.63) is 29.8 Å². The van der Waals surface area contributed by atoms with Crippen LogP contribution in [0.1, 0.15) is 44.2 Å². The molecule has 0 aromatic heterocycles. The van der Waals surface area contributed by atoms with E-state index in [2.05, 4.69) is 58.8 Å². The number of piperidine rings is 1. The molecule has 1 aromatic carbocycles. The Hall–Kier alpha value is -1.06. The molecule has 3 rings (SSSR count). The quantitative estimate of drug-likeness (QED) is 0.345. The molecule has 7 heteroatoms. The Bertz CT molecular complexity index is 647. The summed E-state index contributed by atoms with van der Waals surface area (Å²) in [5.41, 5.74) is 1.28. The first-order valence-electron chi connectivity index (χ1n) is 10.5. The second kappa shape index (κ2) is 11.4. The molecule has 2 heterocycles. The highest BCUT2D eigenvalue weighted by Crippen LogP contribution is 2.35. The molecule has 6 nitrogen and oxygen atoms in total. The maximum Gasteiger partial charge on any atom is 0.191 e. The molecule has 0 bridgehead atoms. The first-order chi connectivity index (χ1) is 13.5. The second-order valence-corrected chi connectivity index (χ2v) is 8.31. The van der Waals surface area contributed by atoms with Crippen molar-refractivity contribution in [2.24, 2.45) is 10.9 Å². The Labute approximate surface area is 192 Å². The van der Waals surface area contributed by atoms with E-state index in [1.807, 2.05) is 7.05 Å². The fourth-order valence-electron chi connectivity index (χ4n) is 4.50. The summed E-state index contributed by atoms with van der Waals surface area (Å²) in [4.78, 5) is 6.89. The first kappa shape index (κ1) is 24.2. The molecular formula is C22H37IN4O2. The van der Waals surface area contributed by atoms with E-state index < -0.39 is 0 Å². The summed E-state index contributed by atoms with van der Waals surface area (Å²) in [7, 11) is 5.78. The minimum absolute atomic E-state index is 0. The average molecular weight is 516 g/mol. The van der Waals surface area contributed by atoms with Gasteiger partial charge in [0.05, 0.1) is 12.7 Å². The summed E-state index contributed by atoms with van der Waals surface area (Å²) in [5, 5.41) is 7.01. The van der Waals surface area contributed by atoms with Crippen LogP contribution in [0.15, 0.2) is 29.3 Å². The Morgan fingerprint density at radius 1 is 1.28 bits per heavy atom. The van der Waals surface area contributed by atoms with Gasteiger partial charge in [-0.3, -0.25) is 9.89 Å². The molecule has 0 aliphatic carbocycles. The van der Waals surface area contributed by atoms with Crippen LogP contribution in [0.25, 0.3) is 0 Å². The zero-order valence-electron chi connectivity index (χ0n) is 18.2. The molecule has 2 fully saturated rings. The topological polar surface area (TPSA) is 58.1 Å². The number of methoxy groups -OCH3 is 1. The number of benzene rings is 1. The van der Waals surface area contributed by atoms with Gasteiger partial charge in [0, 0.05) is 32.8 Å². The number of hydrogen-bond acceptors (Lipinski definition) is 4. The van der Waals surface area contributed by atoms with E-state index in [-0.39, 0.29) is 29.6 Å². The maximum atomic E-state index is 5.88. The van der Waals surface area contributed by atoms with Gasteiger partial charge < -0.3 is 20.1 Å². The third kappa shape index (κ3) is 6.46. The molecule has 3 unspecified atom stereocenters. The number of rotatable bonds is 6. The third-order valence-corrected chi connectivity index (χ3v) is 6.15. The van der Waals surface area contributed by atoms with Crippen LogP contribution in [0.5, 0.6) is 5.75 Å². The standard InChI is InChI=1S/C22H36N4O2.HI/c1-22(12-6-14-28-22)16-25-21(23-2)24-15-18-7-5-13-26(3)20(18)17-8-10-19(27-4)11-9-17;/h8-11,18,20H,5-7,12-16H2,1-4H3,(H2,23,24,25);1H. The van der Waals surface area contributed by atoms with Crippen LogP contribution in [0.2, 0.25) is 0 Å². The molecule has 164 valence electrons. The van der Waals surface area contributed by atoms with Gasteiger partial charge in [0.2, 0.25) is 0 Å². The molecule has 0 amide bonds. The van der Waals surface area contributed by atoms with Gasteiger partial charge in [-0.2, -0.15) is 0 Å². The highest BCUT2D eigenvalue weighted by atomic mass is 127. The summed E-state index contributed by atoms with van der Waals surface area (Å²) in [6, 6.07) is 8.92. The van der Waals surface area contributed by atoms with Crippen molar-refractivity contribution in [3.8, 4) is 5.75 Å². The lowest BCUT2D eigenvalue weighted by atomic mass is 9.85. The van der Waals surface area contributed by atoms with Crippen LogP contribution in [0, 0.1) is 5.92 Å². The van der Waals surface area contributed by atoms with Gasteiger partial charge in [-0.1, -0.05) is 12.1 Å². The van der Waals surface area contributed by atoms with Crippen molar-refractivity contribution in [2.75, 3.05) is 47.4 Å². The molecule has 2 N–H and O–H groups in total. The van der Waals surface area contributed by atoms with E-state index in [0.717, 1.165) is 50.8 Å². The van der Waals surface area contributed by atoms with Crippen LogP contribution in [-0.4, -0.2) is 63.9 Å². The number of nitrogens with one attached hydrogen (secondary N) is 2. The van der Waals surface area contributed by atoms with Crippen LogP contribution in [-0.2, 0) is 4.74 Å².